The number of fused-ring (bicyclic) bond motifs is 1. The number of benzene rings is 1. The first-order valence-electron chi connectivity index (χ1n) is 4.24. The molecule has 0 aliphatic heterocycles. The molecule has 0 spiro atoms. The molecular formula is C10H10BrN3. The highest BCUT2D eigenvalue weighted by Gasteiger charge is 2.01. The van der Waals surface area contributed by atoms with Crippen molar-refractivity contribution in [3.05, 3.63) is 34.3 Å². The van der Waals surface area contributed by atoms with Gasteiger partial charge in [-0.05, 0) is 36.8 Å². The molecule has 3 nitrogen and oxygen atoms in total. The van der Waals surface area contributed by atoms with Crippen LogP contribution in [0.3, 0.4) is 0 Å². The maximum absolute atomic E-state index is 5.35. The molecule has 0 radical (unpaired) electrons. The molecule has 0 saturated carbocycles. The van der Waals surface area contributed by atoms with Gasteiger partial charge in [-0.15, -0.1) is 0 Å². The number of aryl methyl sites for hydroxylation is 1. The number of nitrogens with one attached hydrogen (secondary N) is 1. The van der Waals surface area contributed by atoms with Crippen molar-refractivity contribution in [3.63, 3.8) is 0 Å². The molecule has 0 bridgehead atoms. The molecule has 0 aliphatic rings. The summed E-state index contributed by atoms with van der Waals surface area (Å²) >= 11 is 3.42. The molecule has 2 aromatic rings. The minimum Gasteiger partial charge on any atom is -0.308 e. The van der Waals surface area contributed by atoms with Crippen LogP contribution in [0.2, 0.25) is 0 Å². The van der Waals surface area contributed by atoms with E-state index >= 15 is 0 Å². The molecule has 1 aromatic heterocycles. The van der Waals surface area contributed by atoms with E-state index in [1.807, 2.05) is 25.1 Å². The lowest BCUT2D eigenvalue weighted by atomic mass is 10.1. The highest BCUT2D eigenvalue weighted by Crippen LogP contribution is 2.22. The number of nitrogen functional groups attached to an aromatic ring is 1. The lowest BCUT2D eigenvalue weighted by Gasteiger charge is -2.06. The number of hydrogen-bond acceptors (Lipinski definition) is 3. The van der Waals surface area contributed by atoms with E-state index in [0.29, 0.717) is 0 Å². The van der Waals surface area contributed by atoms with Crippen molar-refractivity contribution in [3.8, 4) is 0 Å². The zero-order valence-corrected chi connectivity index (χ0v) is 9.30. The second-order valence-electron chi connectivity index (χ2n) is 3.14. The maximum atomic E-state index is 5.35. The Morgan fingerprint density at radius 1 is 1.36 bits per heavy atom. The first kappa shape index (κ1) is 9.43. The van der Waals surface area contributed by atoms with Gasteiger partial charge in [0.15, 0.2) is 0 Å². The number of pyridine rings is 1. The Hall–Kier alpha value is -1.13. The SMILES string of the molecule is Cc1cc2cc(Br)ccc2nc1NN. The summed E-state index contributed by atoms with van der Waals surface area (Å²) in [6.45, 7) is 1.97. The summed E-state index contributed by atoms with van der Waals surface area (Å²) in [5.74, 6) is 6.07. The summed E-state index contributed by atoms with van der Waals surface area (Å²) in [4.78, 5) is 4.38. The van der Waals surface area contributed by atoms with Gasteiger partial charge >= 0.3 is 0 Å². The number of nitrogens with two attached hydrogens (primary N) is 1. The molecule has 0 amide bonds. The molecule has 4 heteroatoms. The standard InChI is InChI=1S/C10H10BrN3/c1-6-4-7-5-8(11)2-3-9(7)13-10(6)14-12/h2-5H,12H2,1H3,(H,13,14). The average molecular weight is 252 g/mol. The van der Waals surface area contributed by atoms with Crippen LogP contribution in [0.25, 0.3) is 10.9 Å². The Bertz CT molecular complexity index is 482. The number of nitrogens with zero attached hydrogens (tertiary/aromatic N) is 1. The van der Waals surface area contributed by atoms with Crippen LogP contribution in [-0.2, 0) is 0 Å². The van der Waals surface area contributed by atoms with Crippen molar-refractivity contribution in [1.82, 2.24) is 4.98 Å². The van der Waals surface area contributed by atoms with Gasteiger partial charge in [0.25, 0.3) is 0 Å². The van der Waals surface area contributed by atoms with Crippen molar-refractivity contribution in [2.24, 2.45) is 5.84 Å². The third-order valence-corrected chi connectivity index (χ3v) is 2.60. The Kier molecular flexibility index (Phi) is 2.39. The fourth-order valence-electron chi connectivity index (χ4n) is 1.40. The molecule has 1 aromatic carbocycles. The molecule has 0 aliphatic carbocycles. The van der Waals surface area contributed by atoms with Gasteiger partial charge in [-0.3, -0.25) is 0 Å². The Morgan fingerprint density at radius 3 is 2.86 bits per heavy atom. The van der Waals surface area contributed by atoms with E-state index in [0.717, 1.165) is 26.8 Å². The Labute approximate surface area is 90.4 Å². The van der Waals surface area contributed by atoms with E-state index in [4.69, 9.17) is 5.84 Å². The summed E-state index contributed by atoms with van der Waals surface area (Å²) in [5.41, 5.74) is 4.56. The van der Waals surface area contributed by atoms with E-state index in [9.17, 15) is 0 Å². The number of halogens is 1. The third-order valence-electron chi connectivity index (χ3n) is 2.10. The fraction of sp³-hybridized carbons (Fsp3) is 0.100. The van der Waals surface area contributed by atoms with Crippen LogP contribution in [0.4, 0.5) is 5.82 Å². The predicted molar refractivity (Wildman–Crippen MR) is 62.0 cm³/mol. The monoisotopic (exact) mass is 251 g/mol. The second-order valence-corrected chi connectivity index (χ2v) is 4.05. The molecule has 1 heterocycles. The van der Waals surface area contributed by atoms with E-state index < -0.39 is 0 Å². The quantitative estimate of drug-likeness (QED) is 0.605. The first-order valence-corrected chi connectivity index (χ1v) is 5.03. The second kappa shape index (κ2) is 3.55. The van der Waals surface area contributed by atoms with E-state index in [-0.39, 0.29) is 0 Å². The average Bonchev–Trinajstić information content (AvgIpc) is 2.16. The van der Waals surface area contributed by atoms with Crippen LogP contribution in [0, 0.1) is 6.92 Å². The van der Waals surface area contributed by atoms with Gasteiger partial charge in [-0.25, -0.2) is 10.8 Å². The molecule has 3 N–H and O–H groups in total. The van der Waals surface area contributed by atoms with Crippen LogP contribution in [0.5, 0.6) is 0 Å². The van der Waals surface area contributed by atoms with Gasteiger partial charge < -0.3 is 5.43 Å². The summed E-state index contributed by atoms with van der Waals surface area (Å²) in [7, 11) is 0. The van der Waals surface area contributed by atoms with Crippen LogP contribution in [-0.4, -0.2) is 4.98 Å². The van der Waals surface area contributed by atoms with Crippen molar-refractivity contribution < 1.29 is 0 Å². The van der Waals surface area contributed by atoms with Crippen LogP contribution in [0.15, 0.2) is 28.7 Å². The van der Waals surface area contributed by atoms with Gasteiger partial charge in [0.1, 0.15) is 5.82 Å². The zero-order valence-electron chi connectivity index (χ0n) is 7.71. The highest BCUT2D eigenvalue weighted by atomic mass is 79.9. The van der Waals surface area contributed by atoms with Crippen molar-refractivity contribution in [2.75, 3.05) is 5.43 Å². The molecular weight excluding hydrogens is 242 g/mol. The normalized spacial score (nSPS) is 10.5. The maximum Gasteiger partial charge on any atom is 0.143 e. The smallest absolute Gasteiger partial charge is 0.143 e. The van der Waals surface area contributed by atoms with Crippen molar-refractivity contribution >= 4 is 32.7 Å². The molecule has 2 rings (SSSR count). The number of rotatable bonds is 1. The largest absolute Gasteiger partial charge is 0.308 e. The van der Waals surface area contributed by atoms with Crippen LogP contribution >= 0.6 is 15.9 Å². The summed E-state index contributed by atoms with van der Waals surface area (Å²) in [5, 5.41) is 1.11. The van der Waals surface area contributed by atoms with E-state index in [1.165, 1.54) is 0 Å². The fourth-order valence-corrected chi connectivity index (χ4v) is 1.78. The lowest BCUT2D eigenvalue weighted by molar-refractivity contribution is 1.23. The minimum absolute atomic E-state index is 0.722. The topological polar surface area (TPSA) is 50.9 Å². The van der Waals surface area contributed by atoms with Crippen LogP contribution < -0.4 is 11.3 Å². The van der Waals surface area contributed by atoms with Crippen LogP contribution in [0.1, 0.15) is 5.56 Å². The van der Waals surface area contributed by atoms with Gasteiger partial charge in [0.05, 0.1) is 5.52 Å². The number of hydrazine groups is 1. The number of anilines is 1. The minimum atomic E-state index is 0.722. The highest BCUT2D eigenvalue weighted by molar-refractivity contribution is 9.10. The predicted octanol–water partition coefficient (Wildman–Crippen LogP) is 2.59. The molecule has 0 saturated heterocycles. The Morgan fingerprint density at radius 2 is 2.14 bits per heavy atom. The molecule has 14 heavy (non-hydrogen) atoms. The van der Waals surface area contributed by atoms with Crippen molar-refractivity contribution in [2.45, 2.75) is 6.92 Å². The zero-order chi connectivity index (χ0) is 10.1. The van der Waals surface area contributed by atoms with Gasteiger partial charge in [0, 0.05) is 9.86 Å². The molecule has 0 unspecified atom stereocenters. The lowest BCUT2D eigenvalue weighted by Crippen LogP contribution is -2.09. The summed E-state index contributed by atoms with van der Waals surface area (Å²) in [6.07, 6.45) is 0. The van der Waals surface area contributed by atoms with Crippen molar-refractivity contribution in [1.29, 1.82) is 0 Å². The molecule has 72 valence electrons. The Balaban J connectivity index is 2.73. The molecule has 0 fully saturated rings. The van der Waals surface area contributed by atoms with Gasteiger partial charge in [-0.1, -0.05) is 15.9 Å². The third kappa shape index (κ3) is 1.58. The van der Waals surface area contributed by atoms with E-state index in [1.54, 1.807) is 0 Å². The van der Waals surface area contributed by atoms with Gasteiger partial charge in [-0.2, -0.15) is 0 Å². The van der Waals surface area contributed by atoms with E-state index in [2.05, 4.69) is 32.4 Å². The molecule has 0 atom stereocenters. The number of hydrogen-bond donors (Lipinski definition) is 2. The summed E-state index contributed by atoms with van der Waals surface area (Å²) < 4.78 is 1.06. The first-order chi connectivity index (χ1) is 6.70. The van der Waals surface area contributed by atoms with Gasteiger partial charge in [0.2, 0.25) is 0 Å². The number of aromatic nitrogens is 1. The summed E-state index contributed by atoms with van der Waals surface area (Å²) in [6, 6.07) is 8.02.